The zero-order chi connectivity index (χ0) is 15.2. The van der Waals surface area contributed by atoms with Crippen molar-refractivity contribution in [2.24, 2.45) is 11.7 Å². The smallest absolute Gasteiger partial charge is 0.231 e. The fraction of sp³-hybridized carbons (Fsp3) is 0.467. The number of methoxy groups -OCH3 is 1. The molecule has 1 aromatic rings. The van der Waals surface area contributed by atoms with E-state index in [-0.39, 0.29) is 24.3 Å². The lowest BCUT2D eigenvalue weighted by molar-refractivity contribution is -0.122. The van der Waals surface area contributed by atoms with E-state index in [2.05, 4.69) is 5.32 Å². The van der Waals surface area contributed by atoms with E-state index in [0.29, 0.717) is 0 Å². The quantitative estimate of drug-likeness (QED) is 0.841. The number of piperidine rings is 1. The number of nitrogens with two attached hydrogens (primary N) is 1. The third-order valence-corrected chi connectivity index (χ3v) is 3.70. The van der Waals surface area contributed by atoms with Crippen molar-refractivity contribution in [2.45, 2.75) is 12.8 Å². The first kappa shape index (κ1) is 15.3. The molecule has 114 valence electrons. The van der Waals surface area contributed by atoms with Crippen molar-refractivity contribution in [1.29, 1.82) is 0 Å². The molecular formula is C15H21N3O3. The van der Waals surface area contributed by atoms with Gasteiger partial charge in [-0.05, 0) is 50.2 Å². The van der Waals surface area contributed by atoms with Gasteiger partial charge >= 0.3 is 0 Å². The zero-order valence-electron chi connectivity index (χ0n) is 12.2. The lowest BCUT2D eigenvalue weighted by Gasteiger charge is -2.30. The Kier molecular flexibility index (Phi) is 5.16. The summed E-state index contributed by atoms with van der Waals surface area (Å²) in [6.07, 6.45) is 1.49. The molecule has 1 aliphatic heterocycles. The van der Waals surface area contributed by atoms with Crippen LogP contribution in [0.5, 0.6) is 5.75 Å². The largest absolute Gasteiger partial charge is 0.497 e. The van der Waals surface area contributed by atoms with E-state index < -0.39 is 0 Å². The summed E-state index contributed by atoms with van der Waals surface area (Å²) in [7, 11) is 1.60. The fourth-order valence-corrected chi connectivity index (χ4v) is 2.49. The van der Waals surface area contributed by atoms with Crippen LogP contribution < -0.4 is 15.8 Å². The highest BCUT2D eigenvalue weighted by atomic mass is 16.5. The van der Waals surface area contributed by atoms with Crippen LogP contribution in [0.3, 0.4) is 0 Å². The van der Waals surface area contributed by atoms with Gasteiger partial charge in [0, 0.05) is 11.6 Å². The van der Waals surface area contributed by atoms with Crippen molar-refractivity contribution in [3.05, 3.63) is 24.3 Å². The second-order valence-corrected chi connectivity index (χ2v) is 5.23. The summed E-state index contributed by atoms with van der Waals surface area (Å²) in [4.78, 5) is 25.1. The highest BCUT2D eigenvalue weighted by Gasteiger charge is 2.25. The molecule has 0 aromatic heterocycles. The predicted molar refractivity (Wildman–Crippen MR) is 80.0 cm³/mol. The van der Waals surface area contributed by atoms with E-state index in [4.69, 9.17) is 10.5 Å². The molecule has 2 rings (SSSR count). The molecule has 0 unspecified atom stereocenters. The van der Waals surface area contributed by atoms with Gasteiger partial charge in [0.2, 0.25) is 11.8 Å². The molecule has 2 amide bonds. The summed E-state index contributed by atoms with van der Waals surface area (Å²) < 4.78 is 5.08. The van der Waals surface area contributed by atoms with Crippen molar-refractivity contribution >= 4 is 17.5 Å². The molecule has 0 spiro atoms. The van der Waals surface area contributed by atoms with E-state index in [9.17, 15) is 9.59 Å². The highest BCUT2D eigenvalue weighted by Crippen LogP contribution is 2.20. The van der Waals surface area contributed by atoms with Crippen LogP contribution in [0, 0.1) is 5.92 Å². The normalized spacial score (nSPS) is 16.4. The molecule has 0 aliphatic carbocycles. The molecule has 1 aromatic carbocycles. The van der Waals surface area contributed by atoms with Crippen molar-refractivity contribution in [1.82, 2.24) is 4.90 Å². The summed E-state index contributed by atoms with van der Waals surface area (Å²) >= 11 is 0. The van der Waals surface area contributed by atoms with Crippen LogP contribution in [-0.4, -0.2) is 43.5 Å². The number of likely N-dealkylation sites (tertiary alicyclic amines) is 1. The third-order valence-electron chi connectivity index (χ3n) is 3.70. The minimum Gasteiger partial charge on any atom is -0.497 e. The Labute approximate surface area is 124 Å². The van der Waals surface area contributed by atoms with Crippen molar-refractivity contribution in [2.75, 3.05) is 32.1 Å². The number of carbonyl (C=O) groups is 2. The Morgan fingerprint density at radius 2 is 1.90 bits per heavy atom. The second-order valence-electron chi connectivity index (χ2n) is 5.23. The molecule has 0 saturated carbocycles. The monoisotopic (exact) mass is 291 g/mol. The number of ether oxygens (including phenoxy) is 1. The lowest BCUT2D eigenvalue weighted by atomic mass is 9.96. The van der Waals surface area contributed by atoms with Crippen molar-refractivity contribution < 1.29 is 14.3 Å². The summed E-state index contributed by atoms with van der Waals surface area (Å²) in [5.74, 6) is 0.444. The number of primary amides is 1. The number of amides is 2. The van der Waals surface area contributed by atoms with Crippen LogP contribution >= 0.6 is 0 Å². The minimum absolute atomic E-state index is 0.0174. The molecule has 0 radical (unpaired) electrons. The molecular weight excluding hydrogens is 270 g/mol. The summed E-state index contributed by atoms with van der Waals surface area (Å²) in [5, 5.41) is 2.91. The van der Waals surface area contributed by atoms with Gasteiger partial charge in [-0.15, -0.1) is 0 Å². The first-order valence-corrected chi connectivity index (χ1v) is 7.04. The average molecular weight is 291 g/mol. The van der Waals surface area contributed by atoms with Gasteiger partial charge in [0.15, 0.2) is 0 Å². The molecule has 6 nitrogen and oxygen atoms in total. The van der Waals surface area contributed by atoms with Crippen LogP contribution in [0.2, 0.25) is 0 Å². The Bertz CT molecular complexity index is 493. The Balaban J connectivity index is 1.82. The topological polar surface area (TPSA) is 84.7 Å². The van der Waals surface area contributed by atoms with Gasteiger partial charge < -0.3 is 15.8 Å². The molecule has 1 heterocycles. The highest BCUT2D eigenvalue weighted by molar-refractivity contribution is 5.92. The van der Waals surface area contributed by atoms with Gasteiger partial charge in [-0.1, -0.05) is 0 Å². The van der Waals surface area contributed by atoms with Crippen LogP contribution in [0.1, 0.15) is 12.8 Å². The number of hydrogen-bond donors (Lipinski definition) is 2. The van der Waals surface area contributed by atoms with E-state index in [0.717, 1.165) is 37.4 Å². The zero-order valence-corrected chi connectivity index (χ0v) is 12.2. The molecule has 21 heavy (non-hydrogen) atoms. The van der Waals surface area contributed by atoms with Crippen LogP contribution in [-0.2, 0) is 9.59 Å². The van der Waals surface area contributed by atoms with Gasteiger partial charge in [0.25, 0.3) is 0 Å². The third kappa shape index (κ3) is 4.46. The van der Waals surface area contributed by atoms with Gasteiger partial charge in [-0.25, -0.2) is 0 Å². The SMILES string of the molecule is COc1ccc(NC(=O)C2CCN(CC(N)=O)CC2)cc1. The van der Waals surface area contributed by atoms with Crippen LogP contribution in [0.15, 0.2) is 24.3 Å². The number of benzene rings is 1. The van der Waals surface area contributed by atoms with E-state index in [1.54, 1.807) is 7.11 Å². The minimum atomic E-state index is -0.323. The average Bonchev–Trinajstić information content (AvgIpc) is 2.48. The standard InChI is InChI=1S/C15H21N3O3/c1-21-13-4-2-12(3-5-13)17-15(20)11-6-8-18(9-7-11)10-14(16)19/h2-5,11H,6-10H2,1H3,(H2,16,19)(H,17,20). The fourth-order valence-electron chi connectivity index (χ4n) is 2.49. The first-order valence-electron chi connectivity index (χ1n) is 7.04. The van der Waals surface area contributed by atoms with Gasteiger partial charge in [0.05, 0.1) is 13.7 Å². The summed E-state index contributed by atoms with van der Waals surface area (Å²) in [6.45, 7) is 1.72. The van der Waals surface area contributed by atoms with E-state index >= 15 is 0 Å². The molecule has 1 aliphatic rings. The molecule has 3 N–H and O–H groups in total. The lowest BCUT2D eigenvalue weighted by Crippen LogP contribution is -2.42. The van der Waals surface area contributed by atoms with Gasteiger partial charge in [0.1, 0.15) is 5.75 Å². The summed E-state index contributed by atoms with van der Waals surface area (Å²) in [6, 6.07) is 7.26. The van der Waals surface area contributed by atoms with Crippen molar-refractivity contribution in [3.8, 4) is 5.75 Å². The maximum absolute atomic E-state index is 12.2. The van der Waals surface area contributed by atoms with E-state index in [1.807, 2.05) is 29.2 Å². The number of nitrogens with zero attached hydrogens (tertiary/aromatic N) is 1. The van der Waals surface area contributed by atoms with Crippen LogP contribution in [0.25, 0.3) is 0 Å². The summed E-state index contributed by atoms with van der Waals surface area (Å²) in [5.41, 5.74) is 5.94. The molecule has 6 heteroatoms. The Morgan fingerprint density at radius 3 is 2.43 bits per heavy atom. The number of carbonyl (C=O) groups excluding carboxylic acids is 2. The molecule has 0 bridgehead atoms. The molecule has 0 atom stereocenters. The number of rotatable bonds is 5. The second kappa shape index (κ2) is 7.08. The van der Waals surface area contributed by atoms with E-state index in [1.165, 1.54) is 0 Å². The Morgan fingerprint density at radius 1 is 1.29 bits per heavy atom. The number of anilines is 1. The van der Waals surface area contributed by atoms with Gasteiger partial charge in [-0.3, -0.25) is 14.5 Å². The van der Waals surface area contributed by atoms with Crippen LogP contribution in [0.4, 0.5) is 5.69 Å². The molecule has 1 saturated heterocycles. The van der Waals surface area contributed by atoms with Gasteiger partial charge in [-0.2, -0.15) is 0 Å². The van der Waals surface area contributed by atoms with Crippen molar-refractivity contribution in [3.63, 3.8) is 0 Å². The Hall–Kier alpha value is -2.08. The molecule has 1 fully saturated rings. The maximum atomic E-state index is 12.2. The number of nitrogens with one attached hydrogen (secondary N) is 1. The maximum Gasteiger partial charge on any atom is 0.231 e. The number of hydrogen-bond acceptors (Lipinski definition) is 4. The predicted octanol–water partition coefficient (Wildman–Crippen LogP) is 0.831. The first-order chi connectivity index (χ1) is 10.1.